The lowest BCUT2D eigenvalue weighted by Crippen LogP contribution is -2.25. The first-order chi connectivity index (χ1) is 12.4. The fourth-order valence-electron chi connectivity index (χ4n) is 1.91. The Balaban J connectivity index is 2.76. The predicted octanol–water partition coefficient (Wildman–Crippen LogP) is 5.63. The second-order valence-electron chi connectivity index (χ2n) is 4.92. The summed E-state index contributed by atoms with van der Waals surface area (Å²) in [6.07, 6.45) is 0. The van der Waals surface area contributed by atoms with Crippen molar-refractivity contribution in [3.63, 3.8) is 0 Å². The molecule has 0 spiro atoms. The van der Waals surface area contributed by atoms with Crippen LogP contribution >= 0.6 is 11.8 Å². The normalized spacial score (nSPS) is 13.9. The van der Waals surface area contributed by atoms with Gasteiger partial charge in [0.25, 0.3) is 0 Å². The molecule has 0 aliphatic carbocycles. The lowest BCUT2D eigenvalue weighted by Gasteiger charge is -2.18. The van der Waals surface area contributed by atoms with Crippen molar-refractivity contribution < 1.29 is 38.9 Å². The SMILES string of the molecule is O=S(=O)(O/C(=C(/SC(F)(F)F)c1ccccc1)c1ccccc1)C(F)(F)F. The lowest BCUT2D eigenvalue weighted by atomic mass is 10.1. The number of halogens is 6. The molecule has 0 aliphatic heterocycles. The van der Waals surface area contributed by atoms with Crippen molar-refractivity contribution in [3.05, 3.63) is 71.8 Å². The molecular formula is C16H10F6O3S2. The minimum Gasteiger partial charge on any atom is -0.374 e. The van der Waals surface area contributed by atoms with Gasteiger partial charge in [0.15, 0.2) is 5.76 Å². The number of alkyl halides is 6. The molecule has 0 heterocycles. The maximum atomic E-state index is 13.0. The zero-order valence-corrected chi connectivity index (χ0v) is 14.7. The Hall–Kier alpha value is -2.14. The summed E-state index contributed by atoms with van der Waals surface area (Å²) in [5.74, 6) is -1.07. The standard InChI is InChI=1S/C16H10F6O3S2/c17-15(18,19)26-14(12-9-5-2-6-10-12)13(11-7-3-1-4-8-11)25-27(23,24)16(20,21)22/h1-10H/b14-13+. The first-order valence-corrected chi connectivity index (χ1v) is 9.25. The van der Waals surface area contributed by atoms with Crippen molar-refractivity contribution in [2.75, 3.05) is 0 Å². The second kappa shape index (κ2) is 7.85. The molecule has 11 heteroatoms. The van der Waals surface area contributed by atoms with Crippen molar-refractivity contribution in [2.45, 2.75) is 11.0 Å². The molecular weight excluding hydrogens is 418 g/mol. The molecule has 2 rings (SSSR count). The van der Waals surface area contributed by atoms with Gasteiger partial charge in [0, 0.05) is 5.56 Å². The Morgan fingerprint density at radius 2 is 1.22 bits per heavy atom. The van der Waals surface area contributed by atoms with Crippen LogP contribution in [0.15, 0.2) is 60.7 Å². The fraction of sp³-hybridized carbons (Fsp3) is 0.125. The van der Waals surface area contributed by atoms with Gasteiger partial charge in [0.2, 0.25) is 0 Å². The minimum atomic E-state index is -6.19. The van der Waals surface area contributed by atoms with Crippen molar-refractivity contribution in [1.82, 2.24) is 0 Å². The van der Waals surface area contributed by atoms with E-state index in [4.69, 9.17) is 0 Å². The monoisotopic (exact) mass is 428 g/mol. The Labute approximate surface area is 154 Å². The Morgan fingerprint density at radius 3 is 1.63 bits per heavy atom. The number of hydrogen-bond acceptors (Lipinski definition) is 4. The van der Waals surface area contributed by atoms with E-state index in [-0.39, 0.29) is 11.1 Å². The molecule has 2 aromatic rings. The summed E-state index contributed by atoms with van der Waals surface area (Å²) < 4.78 is 104. The molecule has 0 fully saturated rings. The van der Waals surface area contributed by atoms with Gasteiger partial charge in [0.1, 0.15) is 0 Å². The van der Waals surface area contributed by atoms with Crippen molar-refractivity contribution >= 4 is 32.5 Å². The highest BCUT2D eigenvalue weighted by Gasteiger charge is 2.49. The third kappa shape index (κ3) is 5.67. The Bertz CT molecular complexity index is 905. The lowest BCUT2D eigenvalue weighted by molar-refractivity contribution is -0.0509. The molecule has 0 unspecified atom stereocenters. The van der Waals surface area contributed by atoms with Crippen LogP contribution in [0.3, 0.4) is 0 Å². The molecule has 0 saturated carbocycles. The molecule has 0 aromatic heterocycles. The highest BCUT2D eigenvalue weighted by Crippen LogP contribution is 2.46. The average molecular weight is 428 g/mol. The maximum Gasteiger partial charge on any atom is 0.534 e. The first-order valence-electron chi connectivity index (χ1n) is 7.02. The number of rotatable bonds is 5. The molecule has 0 N–H and O–H groups in total. The highest BCUT2D eigenvalue weighted by molar-refractivity contribution is 8.09. The zero-order valence-electron chi connectivity index (χ0n) is 13.1. The average Bonchev–Trinajstić information content (AvgIpc) is 2.57. The van der Waals surface area contributed by atoms with Gasteiger partial charge in [-0.1, -0.05) is 60.7 Å². The maximum absolute atomic E-state index is 13.0. The van der Waals surface area contributed by atoms with Crippen LogP contribution in [0.25, 0.3) is 10.7 Å². The molecule has 0 radical (unpaired) electrons. The van der Waals surface area contributed by atoms with Gasteiger partial charge in [-0.3, -0.25) is 0 Å². The van der Waals surface area contributed by atoms with E-state index in [0.29, 0.717) is 0 Å². The summed E-state index contributed by atoms with van der Waals surface area (Å²) in [6, 6.07) is 13.0. The van der Waals surface area contributed by atoms with Crippen molar-refractivity contribution in [1.29, 1.82) is 0 Å². The van der Waals surface area contributed by atoms with E-state index in [1.54, 1.807) is 0 Å². The van der Waals surface area contributed by atoms with Crippen molar-refractivity contribution in [2.24, 2.45) is 0 Å². The van der Waals surface area contributed by atoms with Crippen LogP contribution in [0.4, 0.5) is 26.3 Å². The van der Waals surface area contributed by atoms with E-state index in [0.717, 1.165) is 12.1 Å². The van der Waals surface area contributed by atoms with Gasteiger partial charge in [0.05, 0.1) is 4.91 Å². The fourth-order valence-corrected chi connectivity index (χ4v) is 3.19. The van der Waals surface area contributed by atoms with Crippen LogP contribution in [-0.4, -0.2) is 19.4 Å². The summed E-state index contributed by atoms with van der Waals surface area (Å²) >= 11 is -0.768. The van der Waals surface area contributed by atoms with E-state index in [2.05, 4.69) is 4.18 Å². The number of benzene rings is 2. The van der Waals surface area contributed by atoms with Crippen LogP contribution in [0.2, 0.25) is 0 Å². The van der Waals surface area contributed by atoms with Crippen LogP contribution in [-0.2, 0) is 14.3 Å². The van der Waals surface area contributed by atoms with Gasteiger partial charge in [-0.15, -0.1) is 0 Å². The molecule has 2 aromatic carbocycles. The van der Waals surface area contributed by atoms with Crippen molar-refractivity contribution in [3.8, 4) is 0 Å². The third-order valence-corrected chi connectivity index (χ3v) is 4.78. The third-order valence-electron chi connectivity index (χ3n) is 2.97. The first kappa shape index (κ1) is 21.2. The summed E-state index contributed by atoms with van der Waals surface area (Å²) in [5.41, 5.74) is -11.1. The number of hydrogen-bond donors (Lipinski definition) is 0. The van der Waals surface area contributed by atoms with Crippen LogP contribution in [0, 0.1) is 0 Å². The van der Waals surface area contributed by atoms with E-state index in [9.17, 15) is 34.8 Å². The highest BCUT2D eigenvalue weighted by atomic mass is 32.2. The smallest absolute Gasteiger partial charge is 0.374 e. The topological polar surface area (TPSA) is 43.4 Å². The van der Waals surface area contributed by atoms with E-state index < -0.39 is 43.6 Å². The molecule has 27 heavy (non-hydrogen) atoms. The molecule has 0 atom stereocenters. The Morgan fingerprint density at radius 1 is 0.778 bits per heavy atom. The van der Waals surface area contributed by atoms with E-state index in [1.165, 1.54) is 48.5 Å². The van der Waals surface area contributed by atoms with Gasteiger partial charge < -0.3 is 4.18 Å². The van der Waals surface area contributed by atoms with Crippen LogP contribution in [0.1, 0.15) is 11.1 Å². The molecule has 3 nitrogen and oxygen atoms in total. The van der Waals surface area contributed by atoms with Gasteiger partial charge in [-0.25, -0.2) is 0 Å². The van der Waals surface area contributed by atoms with Gasteiger partial charge in [-0.2, -0.15) is 34.8 Å². The molecule has 0 bridgehead atoms. The summed E-state index contributed by atoms with van der Waals surface area (Å²) in [4.78, 5) is -0.817. The van der Waals surface area contributed by atoms with Crippen LogP contribution < -0.4 is 0 Å². The molecule has 146 valence electrons. The molecule has 0 saturated heterocycles. The van der Waals surface area contributed by atoms with E-state index >= 15 is 0 Å². The largest absolute Gasteiger partial charge is 0.534 e. The molecule has 0 aliphatic rings. The second-order valence-corrected chi connectivity index (χ2v) is 7.53. The van der Waals surface area contributed by atoms with Gasteiger partial charge in [-0.05, 0) is 17.3 Å². The minimum absolute atomic E-state index is 0.156. The summed E-state index contributed by atoms with van der Waals surface area (Å²) in [5, 5.41) is 0. The number of thioether (sulfide) groups is 1. The predicted molar refractivity (Wildman–Crippen MR) is 89.4 cm³/mol. The summed E-state index contributed by atoms with van der Waals surface area (Å²) in [6.45, 7) is 0. The zero-order chi connectivity index (χ0) is 20.3. The van der Waals surface area contributed by atoms with Gasteiger partial charge >= 0.3 is 21.1 Å². The summed E-state index contributed by atoms with van der Waals surface area (Å²) in [7, 11) is -6.19. The Kier molecular flexibility index (Phi) is 6.15. The quantitative estimate of drug-likeness (QED) is 0.204. The molecule has 0 amide bonds. The van der Waals surface area contributed by atoms with Crippen LogP contribution in [0.5, 0.6) is 0 Å². The van der Waals surface area contributed by atoms with E-state index in [1.807, 2.05) is 0 Å².